The number of halogens is 4. The summed E-state index contributed by atoms with van der Waals surface area (Å²) >= 11 is 16.4. The number of hydrogen-bond acceptors (Lipinski definition) is 4. The maximum absolute atomic E-state index is 13.4. The van der Waals surface area contributed by atoms with Crippen molar-refractivity contribution in [2.75, 3.05) is 11.1 Å². The number of nitrogens with two attached hydrogens (primary N) is 1. The van der Waals surface area contributed by atoms with E-state index in [9.17, 15) is 4.39 Å². The zero-order chi connectivity index (χ0) is 15.1. The van der Waals surface area contributed by atoms with Gasteiger partial charge in [0.2, 0.25) is 0 Å². The Hall–Kier alpha value is -1.15. The third-order valence-corrected chi connectivity index (χ3v) is 4.52. The first-order chi connectivity index (χ1) is 9.97. The van der Waals surface area contributed by atoms with E-state index in [2.05, 4.69) is 30.0 Å². The summed E-state index contributed by atoms with van der Waals surface area (Å²) < 4.78 is 22.0. The molecule has 0 spiro atoms. The lowest BCUT2D eigenvalue weighted by Crippen LogP contribution is -1.98. The van der Waals surface area contributed by atoms with Crippen LogP contribution in [0.1, 0.15) is 0 Å². The monoisotopic (exact) mass is 406 g/mol. The molecule has 0 aromatic heterocycles. The van der Waals surface area contributed by atoms with Crippen LogP contribution in [0.25, 0.3) is 0 Å². The summed E-state index contributed by atoms with van der Waals surface area (Å²) in [6.07, 6.45) is 0. The number of nitrogen functional groups attached to an aromatic ring is 1. The van der Waals surface area contributed by atoms with Crippen LogP contribution in [0.4, 0.5) is 32.8 Å². The fraction of sp³-hybridized carbons (Fsp3) is 0. The number of benzene rings is 2. The molecule has 2 aromatic rings. The zero-order valence-electron chi connectivity index (χ0n) is 10.1. The number of rotatable bonds is 2. The van der Waals surface area contributed by atoms with Gasteiger partial charge in [-0.3, -0.25) is 0 Å². The number of hydrogen-bond donors (Lipinski definition) is 2. The lowest BCUT2D eigenvalue weighted by atomic mass is 10.2. The number of nitrogens with zero attached hydrogens (tertiary/aromatic N) is 2. The molecule has 3 rings (SSSR count). The van der Waals surface area contributed by atoms with E-state index in [4.69, 9.17) is 28.9 Å². The first kappa shape index (κ1) is 14.8. The number of nitrogens with one attached hydrogen (secondary N) is 1. The average Bonchev–Trinajstić information content (AvgIpc) is 2.90. The Balaban J connectivity index is 2.10. The van der Waals surface area contributed by atoms with Crippen molar-refractivity contribution in [3.63, 3.8) is 0 Å². The molecule has 2 aromatic carbocycles. The third kappa shape index (κ3) is 2.66. The van der Waals surface area contributed by atoms with E-state index in [1.807, 2.05) is 0 Å². The van der Waals surface area contributed by atoms with Crippen LogP contribution in [0.5, 0.6) is 0 Å². The van der Waals surface area contributed by atoms with Crippen LogP contribution < -0.4 is 11.1 Å². The Labute approximate surface area is 141 Å². The van der Waals surface area contributed by atoms with Gasteiger partial charge in [-0.2, -0.15) is 8.73 Å². The smallest absolute Gasteiger partial charge is 0.139 e. The fourth-order valence-electron chi connectivity index (χ4n) is 1.80. The molecule has 0 fully saturated rings. The maximum atomic E-state index is 13.4. The number of fused-ring (bicyclic) bond motifs is 1. The van der Waals surface area contributed by atoms with E-state index in [1.165, 1.54) is 12.1 Å². The molecule has 108 valence electrons. The summed E-state index contributed by atoms with van der Waals surface area (Å²) in [6, 6.07) is 4.32. The van der Waals surface area contributed by atoms with E-state index < -0.39 is 5.82 Å². The molecule has 0 radical (unpaired) electrons. The van der Waals surface area contributed by atoms with Crippen molar-refractivity contribution in [1.29, 1.82) is 0 Å². The Morgan fingerprint density at radius 1 is 1.14 bits per heavy atom. The van der Waals surface area contributed by atoms with Gasteiger partial charge < -0.3 is 11.1 Å². The van der Waals surface area contributed by atoms with Crippen molar-refractivity contribution < 1.29 is 4.39 Å². The molecular weight excluding hydrogens is 402 g/mol. The normalized spacial score (nSPS) is 12.2. The summed E-state index contributed by atoms with van der Waals surface area (Å²) in [5.41, 5.74) is 8.17. The van der Waals surface area contributed by atoms with Crippen LogP contribution in [0, 0.1) is 5.82 Å². The average molecular weight is 408 g/mol. The topological polar surface area (TPSA) is 62.8 Å². The molecule has 0 saturated heterocycles. The molecule has 0 saturated carbocycles. The van der Waals surface area contributed by atoms with Gasteiger partial charge in [0, 0.05) is 6.07 Å². The van der Waals surface area contributed by atoms with Crippen LogP contribution in [0.15, 0.2) is 31.4 Å². The lowest BCUT2D eigenvalue weighted by molar-refractivity contribution is 0.622. The van der Waals surface area contributed by atoms with Crippen molar-refractivity contribution in [3.8, 4) is 0 Å². The molecule has 1 heterocycles. The summed E-state index contributed by atoms with van der Waals surface area (Å²) in [4.78, 5) is 0. The predicted molar refractivity (Wildman–Crippen MR) is 89.8 cm³/mol. The first-order valence-corrected chi connectivity index (χ1v) is 7.87. The summed E-state index contributed by atoms with van der Waals surface area (Å²) in [5, 5.41) is 3.85. The van der Waals surface area contributed by atoms with E-state index in [0.717, 1.165) is 11.4 Å². The van der Waals surface area contributed by atoms with Gasteiger partial charge >= 0.3 is 0 Å². The highest BCUT2D eigenvalue weighted by Crippen LogP contribution is 2.49. The van der Waals surface area contributed by atoms with Crippen molar-refractivity contribution in [3.05, 3.63) is 38.5 Å². The molecule has 0 amide bonds. The third-order valence-electron chi connectivity index (χ3n) is 2.80. The second-order valence-electron chi connectivity index (χ2n) is 4.16. The quantitative estimate of drug-likeness (QED) is 0.515. The molecule has 4 nitrogen and oxygen atoms in total. The van der Waals surface area contributed by atoms with Gasteiger partial charge in [-0.25, -0.2) is 4.39 Å². The molecule has 0 atom stereocenters. The van der Waals surface area contributed by atoms with E-state index >= 15 is 0 Å². The van der Waals surface area contributed by atoms with Crippen molar-refractivity contribution >= 4 is 78.9 Å². The maximum Gasteiger partial charge on any atom is 0.139 e. The van der Waals surface area contributed by atoms with Gasteiger partial charge in [-0.05, 0) is 28.1 Å². The molecule has 0 unspecified atom stereocenters. The van der Waals surface area contributed by atoms with Gasteiger partial charge in [0.25, 0.3) is 0 Å². The van der Waals surface area contributed by atoms with Crippen LogP contribution in [-0.2, 0) is 11.4 Å². The van der Waals surface area contributed by atoms with Crippen molar-refractivity contribution in [2.24, 2.45) is 8.73 Å². The largest absolute Gasteiger partial charge is 0.397 e. The van der Waals surface area contributed by atoms with Crippen LogP contribution in [-0.4, -0.2) is 0 Å². The van der Waals surface area contributed by atoms with Gasteiger partial charge in [0.1, 0.15) is 17.2 Å². The fourth-order valence-corrected chi connectivity index (χ4v) is 3.30. The molecule has 1 aliphatic heterocycles. The molecule has 0 bridgehead atoms. The Morgan fingerprint density at radius 2 is 1.86 bits per heavy atom. The standard InChI is InChI=1S/C12H6BrCl2FN4S/c13-4-1-9(8(17)3-7(4)16)18-10-5(14)2-6(15)11-12(10)20-21-19-11/h1-3,18H,17H2. The number of anilines is 3. The van der Waals surface area contributed by atoms with Crippen LogP contribution in [0.2, 0.25) is 10.0 Å². The van der Waals surface area contributed by atoms with Crippen LogP contribution >= 0.6 is 39.1 Å². The Morgan fingerprint density at radius 3 is 2.62 bits per heavy atom. The summed E-state index contributed by atoms with van der Waals surface area (Å²) in [7, 11) is 0. The van der Waals surface area contributed by atoms with E-state index in [0.29, 0.717) is 32.8 Å². The van der Waals surface area contributed by atoms with Crippen molar-refractivity contribution in [2.45, 2.75) is 0 Å². The second-order valence-corrected chi connectivity index (χ2v) is 6.35. The molecule has 1 aliphatic rings. The molecule has 9 heteroatoms. The van der Waals surface area contributed by atoms with Gasteiger partial charge in [-0.15, -0.1) is 0 Å². The minimum absolute atomic E-state index is 0.248. The highest BCUT2D eigenvalue weighted by molar-refractivity contribution is 9.10. The summed E-state index contributed by atoms with van der Waals surface area (Å²) in [5.74, 6) is -0.444. The zero-order valence-corrected chi connectivity index (χ0v) is 14.0. The molecule has 0 aliphatic carbocycles. The first-order valence-electron chi connectivity index (χ1n) is 5.59. The van der Waals surface area contributed by atoms with Crippen LogP contribution in [0.3, 0.4) is 0 Å². The van der Waals surface area contributed by atoms with Gasteiger partial charge in [-0.1, -0.05) is 23.2 Å². The van der Waals surface area contributed by atoms with E-state index in [1.54, 1.807) is 6.07 Å². The SMILES string of the molecule is Nc1cc(F)c(Br)cc1Nc1c(Cl)cc(Cl)c2c1N=S=N2. The molecular formula is C12H6BrCl2FN4S. The minimum Gasteiger partial charge on any atom is -0.397 e. The van der Waals surface area contributed by atoms with Crippen molar-refractivity contribution in [1.82, 2.24) is 0 Å². The molecule has 21 heavy (non-hydrogen) atoms. The predicted octanol–water partition coefficient (Wildman–Crippen LogP) is 5.95. The van der Waals surface area contributed by atoms with Gasteiger partial charge in [0.05, 0.1) is 42.9 Å². The van der Waals surface area contributed by atoms with E-state index in [-0.39, 0.29) is 10.2 Å². The Kier molecular flexibility index (Phi) is 3.92. The molecule has 3 N–H and O–H groups in total. The Bertz CT molecular complexity index is 837. The minimum atomic E-state index is -0.444. The summed E-state index contributed by atoms with van der Waals surface area (Å²) in [6.45, 7) is 0. The highest BCUT2D eigenvalue weighted by Gasteiger charge is 2.19. The lowest BCUT2D eigenvalue weighted by Gasteiger charge is -2.14. The second kappa shape index (κ2) is 5.57. The van der Waals surface area contributed by atoms with Gasteiger partial charge in [0.15, 0.2) is 0 Å². The highest BCUT2D eigenvalue weighted by atomic mass is 79.9.